The molecule has 0 aliphatic heterocycles. The lowest BCUT2D eigenvalue weighted by Crippen LogP contribution is -2.08. The third kappa shape index (κ3) is 3.00. The molecule has 23 heavy (non-hydrogen) atoms. The van der Waals surface area contributed by atoms with Crippen molar-refractivity contribution in [2.45, 2.75) is 53.9 Å². The van der Waals surface area contributed by atoms with Crippen LogP contribution in [-0.2, 0) is 12.8 Å². The summed E-state index contributed by atoms with van der Waals surface area (Å²) in [6, 6.07) is 13.5. The Morgan fingerprint density at radius 1 is 1.00 bits per heavy atom. The van der Waals surface area contributed by atoms with E-state index in [2.05, 4.69) is 77.1 Å². The number of hydrogen-bond acceptors (Lipinski definition) is 0. The van der Waals surface area contributed by atoms with Gasteiger partial charge in [-0.2, -0.15) is 0 Å². The summed E-state index contributed by atoms with van der Waals surface area (Å²) < 4.78 is 0. The van der Waals surface area contributed by atoms with Crippen LogP contribution in [-0.4, -0.2) is 0 Å². The lowest BCUT2D eigenvalue weighted by molar-refractivity contribution is 0.498. The normalized spacial score (nSPS) is 13.9. The molecule has 0 amide bonds. The van der Waals surface area contributed by atoms with Gasteiger partial charge in [-0.05, 0) is 58.6 Å². The smallest absolute Gasteiger partial charge is 0.00523 e. The molecule has 0 radical (unpaired) electrons. The minimum atomic E-state index is 0.243. The van der Waals surface area contributed by atoms with Gasteiger partial charge in [0.15, 0.2) is 0 Å². The van der Waals surface area contributed by atoms with E-state index in [1.54, 1.807) is 5.57 Å². The molecule has 0 fully saturated rings. The molecule has 0 heteroatoms. The van der Waals surface area contributed by atoms with Crippen molar-refractivity contribution in [1.82, 2.24) is 0 Å². The minimum absolute atomic E-state index is 0.243. The van der Waals surface area contributed by atoms with Gasteiger partial charge in [-0.25, -0.2) is 0 Å². The molecule has 0 bridgehead atoms. The third-order valence-corrected chi connectivity index (χ3v) is 5.02. The average molecular weight is 304 g/mol. The van der Waals surface area contributed by atoms with Crippen LogP contribution in [0.15, 0.2) is 42.0 Å². The van der Waals surface area contributed by atoms with Crippen molar-refractivity contribution in [3.05, 3.63) is 64.2 Å². The van der Waals surface area contributed by atoms with Gasteiger partial charge in [0.25, 0.3) is 0 Å². The van der Waals surface area contributed by atoms with E-state index in [-0.39, 0.29) is 5.41 Å². The number of hydrogen-bond donors (Lipinski definition) is 0. The van der Waals surface area contributed by atoms with E-state index >= 15 is 0 Å². The summed E-state index contributed by atoms with van der Waals surface area (Å²) in [5.74, 6) is 0. The Balaban J connectivity index is 2.24. The van der Waals surface area contributed by atoms with Gasteiger partial charge in [-0.3, -0.25) is 0 Å². The molecule has 0 spiro atoms. The second-order valence-corrected chi connectivity index (χ2v) is 7.83. The Labute approximate surface area is 141 Å². The van der Waals surface area contributed by atoms with Crippen LogP contribution in [0.5, 0.6) is 0 Å². The molecule has 0 nitrogen and oxygen atoms in total. The molecule has 0 atom stereocenters. The summed E-state index contributed by atoms with van der Waals surface area (Å²) in [5, 5.41) is 0. The quantitative estimate of drug-likeness (QED) is 0.599. The van der Waals surface area contributed by atoms with E-state index in [1.807, 2.05) is 0 Å². The first-order chi connectivity index (χ1) is 10.9. The first-order valence-corrected chi connectivity index (χ1v) is 8.83. The zero-order chi connectivity index (χ0) is 16.6. The van der Waals surface area contributed by atoms with Gasteiger partial charge in [0, 0.05) is 0 Å². The molecular formula is C23H28. The minimum Gasteiger partial charge on any atom is -0.0651 e. The molecule has 0 N–H and O–H groups in total. The van der Waals surface area contributed by atoms with Crippen molar-refractivity contribution < 1.29 is 0 Å². The first-order valence-electron chi connectivity index (χ1n) is 8.83. The maximum Gasteiger partial charge on any atom is -0.00523 e. The zero-order valence-corrected chi connectivity index (χ0v) is 15.2. The number of fused-ring (bicyclic) bond motifs is 1. The Bertz CT molecular complexity index is 754. The Hall–Kier alpha value is -1.82. The van der Waals surface area contributed by atoms with Crippen LogP contribution in [0.25, 0.3) is 17.2 Å². The maximum atomic E-state index is 2.47. The second-order valence-electron chi connectivity index (χ2n) is 7.83. The van der Waals surface area contributed by atoms with E-state index in [1.165, 1.54) is 39.8 Å². The van der Waals surface area contributed by atoms with Gasteiger partial charge >= 0.3 is 0 Å². The van der Waals surface area contributed by atoms with Crippen molar-refractivity contribution in [3.63, 3.8) is 0 Å². The molecule has 2 aromatic rings. The average Bonchev–Trinajstić information content (AvgIpc) is 2.93. The van der Waals surface area contributed by atoms with Crippen LogP contribution in [0, 0.1) is 12.3 Å². The first kappa shape index (κ1) is 16.1. The van der Waals surface area contributed by atoms with Crippen molar-refractivity contribution in [2.75, 3.05) is 0 Å². The molecule has 1 aliphatic carbocycles. The monoisotopic (exact) mass is 304 g/mol. The molecule has 0 unspecified atom stereocenters. The predicted molar refractivity (Wildman–Crippen MR) is 102 cm³/mol. The fraction of sp³-hybridized carbons (Fsp3) is 0.391. The molecule has 120 valence electrons. The summed E-state index contributed by atoms with van der Waals surface area (Å²) in [6.45, 7) is 11.5. The largest absolute Gasteiger partial charge is 0.0651 e. The van der Waals surface area contributed by atoms with E-state index < -0.39 is 0 Å². The van der Waals surface area contributed by atoms with Gasteiger partial charge in [0.1, 0.15) is 0 Å². The van der Waals surface area contributed by atoms with Gasteiger partial charge < -0.3 is 0 Å². The predicted octanol–water partition coefficient (Wildman–Crippen LogP) is 6.60. The standard InChI is InChI=1S/C23H28/c1-6-9-17-12-13-18-14-19(23(3,4)5)15-21(18)22(17)20-11-8-7-10-16(20)2/h7-8,10-13,15H,6,9,14H2,1-5H3. The summed E-state index contributed by atoms with van der Waals surface area (Å²) in [7, 11) is 0. The van der Waals surface area contributed by atoms with Crippen molar-refractivity contribution in [1.29, 1.82) is 0 Å². The summed E-state index contributed by atoms with van der Waals surface area (Å²) in [5.41, 5.74) is 10.5. The van der Waals surface area contributed by atoms with Gasteiger partial charge in [-0.15, -0.1) is 0 Å². The molecule has 2 aromatic carbocycles. The fourth-order valence-corrected chi connectivity index (χ4v) is 3.59. The summed E-state index contributed by atoms with van der Waals surface area (Å²) in [4.78, 5) is 0. The molecule has 1 aliphatic rings. The molecule has 0 heterocycles. The Kier molecular flexibility index (Phi) is 4.19. The van der Waals surface area contributed by atoms with Gasteiger partial charge in [-0.1, -0.05) is 82.2 Å². The lowest BCUT2D eigenvalue weighted by Gasteiger charge is -2.19. The highest BCUT2D eigenvalue weighted by Crippen LogP contribution is 2.42. The number of allylic oxidation sites excluding steroid dienone is 1. The van der Waals surface area contributed by atoms with Crippen LogP contribution in [0.1, 0.15) is 56.4 Å². The van der Waals surface area contributed by atoms with Crippen LogP contribution in [0.2, 0.25) is 0 Å². The topological polar surface area (TPSA) is 0 Å². The molecule has 0 saturated heterocycles. The maximum absolute atomic E-state index is 2.47. The van der Waals surface area contributed by atoms with Crippen LogP contribution >= 0.6 is 0 Å². The second kappa shape index (κ2) is 6.00. The lowest BCUT2D eigenvalue weighted by atomic mass is 9.85. The number of aryl methyl sites for hydroxylation is 2. The van der Waals surface area contributed by atoms with Gasteiger partial charge in [0.05, 0.1) is 0 Å². The summed E-state index contributed by atoms with van der Waals surface area (Å²) in [6.07, 6.45) is 5.91. The van der Waals surface area contributed by atoms with Crippen LogP contribution in [0.3, 0.4) is 0 Å². The van der Waals surface area contributed by atoms with E-state index in [9.17, 15) is 0 Å². The third-order valence-electron chi connectivity index (χ3n) is 5.02. The van der Waals surface area contributed by atoms with Gasteiger partial charge in [0.2, 0.25) is 0 Å². The van der Waals surface area contributed by atoms with E-state index in [4.69, 9.17) is 0 Å². The number of rotatable bonds is 3. The van der Waals surface area contributed by atoms with Crippen LogP contribution < -0.4 is 0 Å². The van der Waals surface area contributed by atoms with E-state index in [0.29, 0.717) is 0 Å². The molecule has 3 rings (SSSR count). The number of benzene rings is 2. The molecular weight excluding hydrogens is 276 g/mol. The van der Waals surface area contributed by atoms with Crippen molar-refractivity contribution in [2.24, 2.45) is 5.41 Å². The highest BCUT2D eigenvalue weighted by atomic mass is 14.3. The molecule has 0 aromatic heterocycles. The Morgan fingerprint density at radius 3 is 2.39 bits per heavy atom. The molecule has 0 saturated carbocycles. The van der Waals surface area contributed by atoms with Crippen molar-refractivity contribution in [3.8, 4) is 11.1 Å². The Morgan fingerprint density at radius 2 is 1.74 bits per heavy atom. The highest BCUT2D eigenvalue weighted by molar-refractivity contribution is 5.84. The summed E-state index contributed by atoms with van der Waals surface area (Å²) >= 11 is 0. The fourth-order valence-electron chi connectivity index (χ4n) is 3.59. The van der Waals surface area contributed by atoms with Crippen molar-refractivity contribution >= 4 is 6.08 Å². The van der Waals surface area contributed by atoms with Crippen LogP contribution in [0.4, 0.5) is 0 Å². The zero-order valence-electron chi connectivity index (χ0n) is 15.2. The SMILES string of the molecule is CCCc1ccc2c(c1-c1ccccc1C)C=C(C(C)(C)C)C2. The van der Waals surface area contributed by atoms with E-state index in [0.717, 1.165) is 12.8 Å². The highest BCUT2D eigenvalue weighted by Gasteiger charge is 2.26.